The van der Waals surface area contributed by atoms with Gasteiger partial charge < -0.3 is 15.4 Å². The molecule has 0 unspecified atom stereocenters. The SMILES string of the molecule is COCCCNC(=S)NCCCn1nc(C(F)(F)F)c(Cl)c1C. The van der Waals surface area contributed by atoms with Crippen molar-refractivity contribution in [3.63, 3.8) is 0 Å². The molecular formula is C13H20ClF3N4OS. The smallest absolute Gasteiger partial charge is 0.385 e. The molecule has 0 aliphatic rings. The highest BCUT2D eigenvalue weighted by Crippen LogP contribution is 2.35. The van der Waals surface area contributed by atoms with E-state index in [0.29, 0.717) is 43.5 Å². The second-order valence-electron chi connectivity index (χ2n) is 4.85. The zero-order valence-corrected chi connectivity index (χ0v) is 14.5. The second kappa shape index (κ2) is 9.29. The summed E-state index contributed by atoms with van der Waals surface area (Å²) in [6.07, 6.45) is -3.14. The normalized spacial score (nSPS) is 11.6. The van der Waals surface area contributed by atoms with Gasteiger partial charge >= 0.3 is 6.18 Å². The Kier molecular flexibility index (Phi) is 8.07. The molecule has 0 fully saturated rings. The van der Waals surface area contributed by atoms with E-state index in [4.69, 9.17) is 28.6 Å². The molecule has 23 heavy (non-hydrogen) atoms. The van der Waals surface area contributed by atoms with Gasteiger partial charge in [0, 0.05) is 33.4 Å². The van der Waals surface area contributed by atoms with Gasteiger partial charge in [0.25, 0.3) is 0 Å². The molecule has 0 aliphatic heterocycles. The van der Waals surface area contributed by atoms with Crippen LogP contribution < -0.4 is 10.6 Å². The lowest BCUT2D eigenvalue weighted by Gasteiger charge is -2.10. The molecule has 0 atom stereocenters. The fraction of sp³-hybridized carbons (Fsp3) is 0.692. The van der Waals surface area contributed by atoms with Gasteiger partial charge in [-0.1, -0.05) is 11.6 Å². The molecule has 0 amide bonds. The lowest BCUT2D eigenvalue weighted by molar-refractivity contribution is -0.141. The predicted molar refractivity (Wildman–Crippen MR) is 86.7 cm³/mol. The van der Waals surface area contributed by atoms with Gasteiger partial charge in [-0.15, -0.1) is 0 Å². The molecule has 0 aliphatic carbocycles. The number of thiocarbonyl (C=S) groups is 1. The van der Waals surface area contributed by atoms with Crippen molar-refractivity contribution in [3.8, 4) is 0 Å². The molecular weight excluding hydrogens is 353 g/mol. The summed E-state index contributed by atoms with van der Waals surface area (Å²) in [6, 6.07) is 0. The van der Waals surface area contributed by atoms with E-state index in [2.05, 4.69) is 15.7 Å². The van der Waals surface area contributed by atoms with Crippen molar-refractivity contribution in [1.82, 2.24) is 20.4 Å². The van der Waals surface area contributed by atoms with Crippen LogP contribution in [0.1, 0.15) is 24.2 Å². The Hall–Kier alpha value is -1.06. The predicted octanol–water partition coefficient (Wildman–Crippen LogP) is 2.75. The van der Waals surface area contributed by atoms with Gasteiger partial charge in [-0.3, -0.25) is 4.68 Å². The van der Waals surface area contributed by atoms with Crippen molar-refractivity contribution in [2.24, 2.45) is 0 Å². The summed E-state index contributed by atoms with van der Waals surface area (Å²) in [7, 11) is 1.63. The molecule has 0 saturated heterocycles. The van der Waals surface area contributed by atoms with E-state index in [-0.39, 0.29) is 5.02 Å². The van der Waals surface area contributed by atoms with Gasteiger partial charge in [0.2, 0.25) is 0 Å². The number of halogens is 4. The molecule has 0 saturated carbocycles. The van der Waals surface area contributed by atoms with Crippen LogP contribution in [-0.4, -0.2) is 41.7 Å². The number of nitrogens with zero attached hydrogens (tertiary/aromatic N) is 2. The topological polar surface area (TPSA) is 51.1 Å². The van der Waals surface area contributed by atoms with Crippen LogP contribution in [0.15, 0.2) is 0 Å². The van der Waals surface area contributed by atoms with Crippen molar-refractivity contribution in [1.29, 1.82) is 0 Å². The van der Waals surface area contributed by atoms with Crippen LogP contribution in [-0.2, 0) is 17.5 Å². The quantitative estimate of drug-likeness (QED) is 0.543. The molecule has 0 radical (unpaired) electrons. The van der Waals surface area contributed by atoms with Crippen molar-refractivity contribution in [2.45, 2.75) is 32.5 Å². The molecule has 0 spiro atoms. The van der Waals surface area contributed by atoms with Crippen LogP contribution in [0, 0.1) is 6.92 Å². The molecule has 1 heterocycles. The zero-order valence-electron chi connectivity index (χ0n) is 13.0. The highest BCUT2D eigenvalue weighted by atomic mass is 35.5. The summed E-state index contributed by atoms with van der Waals surface area (Å²) in [6.45, 7) is 3.70. The minimum Gasteiger partial charge on any atom is -0.385 e. The highest BCUT2D eigenvalue weighted by molar-refractivity contribution is 7.80. The van der Waals surface area contributed by atoms with Crippen LogP contribution in [0.3, 0.4) is 0 Å². The number of aromatic nitrogens is 2. The van der Waals surface area contributed by atoms with Crippen molar-refractivity contribution in [2.75, 3.05) is 26.8 Å². The number of methoxy groups -OCH3 is 1. The summed E-state index contributed by atoms with van der Waals surface area (Å²) in [4.78, 5) is 0. The van der Waals surface area contributed by atoms with Gasteiger partial charge in [-0.05, 0) is 32.0 Å². The van der Waals surface area contributed by atoms with Gasteiger partial charge in [0.1, 0.15) is 0 Å². The molecule has 132 valence electrons. The van der Waals surface area contributed by atoms with E-state index in [1.807, 2.05) is 0 Å². The largest absolute Gasteiger partial charge is 0.436 e. The van der Waals surface area contributed by atoms with Crippen molar-refractivity contribution < 1.29 is 17.9 Å². The molecule has 0 aromatic carbocycles. The summed E-state index contributed by atoms with van der Waals surface area (Å²) in [5.41, 5.74) is -0.737. The average molecular weight is 373 g/mol. The van der Waals surface area contributed by atoms with E-state index >= 15 is 0 Å². The first kappa shape index (κ1) is 20.0. The first-order valence-corrected chi connectivity index (χ1v) is 7.86. The van der Waals surface area contributed by atoms with E-state index in [1.165, 1.54) is 11.6 Å². The van der Waals surface area contributed by atoms with Gasteiger partial charge in [0.05, 0.1) is 10.7 Å². The van der Waals surface area contributed by atoms with Crippen molar-refractivity contribution in [3.05, 3.63) is 16.4 Å². The Morgan fingerprint density at radius 2 is 1.91 bits per heavy atom. The number of alkyl halides is 3. The second-order valence-corrected chi connectivity index (χ2v) is 5.64. The summed E-state index contributed by atoms with van der Waals surface area (Å²) in [5, 5.41) is 9.69. The van der Waals surface area contributed by atoms with Gasteiger partial charge in [-0.2, -0.15) is 18.3 Å². The van der Waals surface area contributed by atoms with Crippen molar-refractivity contribution >= 4 is 28.9 Å². The molecule has 1 aromatic heterocycles. The summed E-state index contributed by atoms with van der Waals surface area (Å²) < 4.78 is 44.3. The Morgan fingerprint density at radius 1 is 1.30 bits per heavy atom. The van der Waals surface area contributed by atoms with E-state index in [0.717, 1.165) is 6.42 Å². The Labute approximate surface area is 143 Å². The minimum absolute atomic E-state index is 0.305. The Balaban J connectivity index is 2.35. The van der Waals surface area contributed by atoms with Crippen LogP contribution in [0.25, 0.3) is 0 Å². The Bertz CT molecular complexity index is 522. The third kappa shape index (κ3) is 6.52. The fourth-order valence-corrected chi connectivity index (χ4v) is 2.28. The van der Waals surface area contributed by atoms with Crippen LogP contribution >= 0.6 is 23.8 Å². The summed E-state index contributed by atoms with van der Waals surface area (Å²) in [5.74, 6) is 0. The first-order valence-electron chi connectivity index (χ1n) is 7.08. The van der Waals surface area contributed by atoms with Gasteiger partial charge in [-0.25, -0.2) is 0 Å². The number of nitrogens with one attached hydrogen (secondary N) is 2. The molecule has 1 aromatic rings. The minimum atomic E-state index is -4.54. The molecule has 0 bridgehead atoms. The number of ether oxygens (including phenoxy) is 1. The maximum atomic E-state index is 12.7. The fourth-order valence-electron chi connectivity index (χ4n) is 1.83. The molecule has 1 rings (SSSR count). The van der Waals surface area contributed by atoms with Crippen LogP contribution in [0.4, 0.5) is 13.2 Å². The highest BCUT2D eigenvalue weighted by Gasteiger charge is 2.38. The first-order chi connectivity index (χ1) is 10.8. The number of hydrogen-bond acceptors (Lipinski definition) is 3. The maximum absolute atomic E-state index is 12.7. The number of hydrogen-bond donors (Lipinski definition) is 2. The standard InChI is InChI=1S/C13H20ClF3N4OS/c1-9-10(14)11(13(15,16)17)20-21(9)7-3-5-18-12(23)19-6-4-8-22-2/h3-8H2,1-2H3,(H2,18,19,23). The summed E-state index contributed by atoms with van der Waals surface area (Å²) >= 11 is 10.8. The monoisotopic (exact) mass is 372 g/mol. The van der Waals surface area contributed by atoms with Crippen LogP contribution in [0.5, 0.6) is 0 Å². The lowest BCUT2D eigenvalue weighted by atomic mass is 10.3. The zero-order chi connectivity index (χ0) is 17.5. The third-order valence-corrected chi connectivity index (χ3v) is 3.79. The molecule has 2 N–H and O–H groups in total. The van der Waals surface area contributed by atoms with E-state index < -0.39 is 11.9 Å². The molecule has 10 heteroatoms. The average Bonchev–Trinajstić information content (AvgIpc) is 2.76. The maximum Gasteiger partial charge on any atom is 0.436 e. The lowest BCUT2D eigenvalue weighted by Crippen LogP contribution is -2.36. The Morgan fingerprint density at radius 3 is 2.43 bits per heavy atom. The van der Waals surface area contributed by atoms with Gasteiger partial charge in [0.15, 0.2) is 10.8 Å². The third-order valence-electron chi connectivity index (χ3n) is 3.04. The molecule has 5 nitrogen and oxygen atoms in total. The van der Waals surface area contributed by atoms with E-state index in [1.54, 1.807) is 7.11 Å². The number of rotatable bonds is 8. The van der Waals surface area contributed by atoms with Crippen LogP contribution in [0.2, 0.25) is 5.02 Å². The number of aryl methyl sites for hydroxylation is 1. The van der Waals surface area contributed by atoms with E-state index in [9.17, 15) is 13.2 Å².